The normalized spacial score (nSPS) is 19.6. The monoisotopic (exact) mass is 423 g/mol. The van der Waals surface area contributed by atoms with Crippen molar-refractivity contribution in [2.24, 2.45) is 10.4 Å². The molecule has 2 saturated heterocycles. The van der Waals surface area contributed by atoms with Gasteiger partial charge in [0, 0.05) is 33.0 Å². The molecule has 0 saturated carbocycles. The first-order valence-electron chi connectivity index (χ1n) is 10.3. The lowest BCUT2D eigenvalue weighted by Crippen LogP contribution is -2.51. The molecule has 10 nitrogen and oxygen atoms in total. The number of nitrogens with zero attached hydrogens (tertiary/aromatic N) is 4. The van der Waals surface area contributed by atoms with Crippen LogP contribution in [0.4, 0.5) is 4.79 Å². The number of ether oxygens (including phenoxy) is 3. The van der Waals surface area contributed by atoms with Crippen LogP contribution in [0.3, 0.4) is 0 Å². The van der Waals surface area contributed by atoms with Crippen molar-refractivity contribution in [2.75, 3.05) is 46.6 Å². The lowest BCUT2D eigenvalue weighted by molar-refractivity contribution is -0.129. The maximum Gasteiger partial charge on any atom is 0.414 e. The third-order valence-electron chi connectivity index (χ3n) is 4.82. The second-order valence-electron chi connectivity index (χ2n) is 8.67. The van der Waals surface area contributed by atoms with E-state index in [-0.39, 0.29) is 17.5 Å². The molecule has 2 rings (SSSR count). The number of guanidine groups is 1. The summed E-state index contributed by atoms with van der Waals surface area (Å²) in [4.78, 5) is 32.7. The second-order valence-corrected chi connectivity index (χ2v) is 8.67. The SMILES string of the molecule is CN(C#N)C(=O)C(CC(C)(C)C)N=C(NC(=O)OC1CCOCC1)N1CCOCC1. The molecule has 2 heterocycles. The van der Waals surface area contributed by atoms with Crippen LogP contribution >= 0.6 is 0 Å². The first-order valence-corrected chi connectivity index (χ1v) is 10.3. The van der Waals surface area contributed by atoms with Crippen LogP contribution in [-0.2, 0) is 19.0 Å². The van der Waals surface area contributed by atoms with Gasteiger partial charge in [-0.25, -0.2) is 9.79 Å². The summed E-state index contributed by atoms with van der Waals surface area (Å²) in [5.41, 5.74) is -0.209. The van der Waals surface area contributed by atoms with Crippen LogP contribution in [0.1, 0.15) is 40.0 Å². The number of alkyl carbamates (subject to hydrolysis) is 1. The molecule has 10 heteroatoms. The number of hydrogen-bond donors (Lipinski definition) is 1. The van der Waals surface area contributed by atoms with Crippen LogP contribution in [0.2, 0.25) is 0 Å². The van der Waals surface area contributed by atoms with Gasteiger partial charge in [0.25, 0.3) is 5.91 Å². The zero-order valence-electron chi connectivity index (χ0n) is 18.3. The van der Waals surface area contributed by atoms with Gasteiger partial charge in [-0.3, -0.25) is 15.0 Å². The molecule has 0 aromatic rings. The predicted molar refractivity (Wildman–Crippen MR) is 110 cm³/mol. The summed E-state index contributed by atoms with van der Waals surface area (Å²) in [6.45, 7) is 9.15. The average molecular weight is 424 g/mol. The molecule has 30 heavy (non-hydrogen) atoms. The molecular formula is C20H33N5O5. The minimum Gasteiger partial charge on any atom is -0.446 e. The molecule has 2 fully saturated rings. The van der Waals surface area contributed by atoms with Crippen LogP contribution in [0, 0.1) is 16.9 Å². The Kier molecular flexibility index (Phi) is 8.87. The van der Waals surface area contributed by atoms with Crippen LogP contribution < -0.4 is 5.32 Å². The third kappa shape index (κ3) is 7.80. The van der Waals surface area contributed by atoms with E-state index >= 15 is 0 Å². The van der Waals surface area contributed by atoms with Gasteiger partial charge in [0.1, 0.15) is 12.1 Å². The van der Waals surface area contributed by atoms with Gasteiger partial charge in [0.15, 0.2) is 6.19 Å². The van der Waals surface area contributed by atoms with Crippen LogP contribution in [0.25, 0.3) is 0 Å². The molecular weight excluding hydrogens is 390 g/mol. The first kappa shape index (κ1) is 23.9. The molecule has 0 aliphatic carbocycles. The fourth-order valence-corrected chi connectivity index (χ4v) is 3.22. The van der Waals surface area contributed by atoms with Crippen LogP contribution in [-0.4, -0.2) is 86.5 Å². The van der Waals surface area contributed by atoms with Crippen molar-refractivity contribution in [2.45, 2.75) is 52.2 Å². The Labute approximate surface area is 178 Å². The lowest BCUT2D eigenvalue weighted by Gasteiger charge is -2.32. The highest BCUT2D eigenvalue weighted by Gasteiger charge is 2.30. The Hall–Kier alpha value is -2.38. The van der Waals surface area contributed by atoms with Crippen molar-refractivity contribution >= 4 is 18.0 Å². The number of morpholine rings is 1. The molecule has 0 radical (unpaired) electrons. The first-order chi connectivity index (χ1) is 14.2. The largest absolute Gasteiger partial charge is 0.446 e. The van der Waals surface area contributed by atoms with E-state index in [1.807, 2.05) is 31.9 Å². The Morgan fingerprint density at radius 1 is 1.23 bits per heavy atom. The standard InChI is InChI=1S/C20H33N5O5/c1-20(2,3)13-16(17(26)24(4)14-21)22-18(25-7-11-29-12-8-25)23-19(27)30-15-5-9-28-10-6-15/h15-16H,5-13H2,1-4H3,(H,22,23,27). The third-order valence-corrected chi connectivity index (χ3v) is 4.82. The summed E-state index contributed by atoms with van der Waals surface area (Å²) in [5, 5.41) is 11.9. The second kappa shape index (κ2) is 11.1. The van der Waals surface area contributed by atoms with Gasteiger partial charge in [-0.1, -0.05) is 20.8 Å². The van der Waals surface area contributed by atoms with E-state index in [0.29, 0.717) is 58.8 Å². The van der Waals surface area contributed by atoms with Crippen molar-refractivity contribution < 1.29 is 23.8 Å². The summed E-state index contributed by atoms with van der Waals surface area (Å²) in [6.07, 6.45) is 2.74. The van der Waals surface area contributed by atoms with E-state index in [4.69, 9.17) is 19.5 Å². The van der Waals surface area contributed by atoms with Gasteiger partial charge in [-0.05, 0) is 11.8 Å². The number of nitrogens with one attached hydrogen (secondary N) is 1. The Morgan fingerprint density at radius 3 is 2.40 bits per heavy atom. The number of carbonyl (C=O) groups is 2. The lowest BCUT2D eigenvalue weighted by atomic mass is 9.88. The highest BCUT2D eigenvalue weighted by molar-refractivity contribution is 5.96. The molecule has 1 unspecified atom stereocenters. The summed E-state index contributed by atoms with van der Waals surface area (Å²) >= 11 is 0. The maximum atomic E-state index is 12.8. The maximum absolute atomic E-state index is 12.8. The van der Waals surface area contributed by atoms with Crippen molar-refractivity contribution in [1.29, 1.82) is 5.26 Å². The van der Waals surface area contributed by atoms with Crippen molar-refractivity contribution in [3.8, 4) is 6.19 Å². The average Bonchev–Trinajstić information content (AvgIpc) is 2.72. The number of nitriles is 1. The summed E-state index contributed by atoms with van der Waals surface area (Å²) in [6, 6.07) is -0.809. The highest BCUT2D eigenvalue weighted by atomic mass is 16.6. The number of amides is 2. The number of rotatable bonds is 4. The summed E-state index contributed by atoms with van der Waals surface area (Å²) in [5.74, 6) is -0.151. The number of hydrogen-bond acceptors (Lipinski definition) is 7. The Morgan fingerprint density at radius 2 is 1.83 bits per heavy atom. The van der Waals surface area contributed by atoms with Crippen molar-refractivity contribution in [1.82, 2.24) is 15.1 Å². The van der Waals surface area contributed by atoms with Gasteiger partial charge >= 0.3 is 6.09 Å². The van der Waals surface area contributed by atoms with Crippen LogP contribution in [0.5, 0.6) is 0 Å². The molecule has 1 N–H and O–H groups in total. The fourth-order valence-electron chi connectivity index (χ4n) is 3.22. The van der Waals surface area contributed by atoms with Crippen LogP contribution in [0.15, 0.2) is 4.99 Å². The molecule has 2 aliphatic rings. The summed E-state index contributed by atoms with van der Waals surface area (Å²) in [7, 11) is 1.41. The highest BCUT2D eigenvalue weighted by Crippen LogP contribution is 2.24. The summed E-state index contributed by atoms with van der Waals surface area (Å²) < 4.78 is 16.2. The molecule has 1 atom stereocenters. The van der Waals surface area contributed by atoms with Gasteiger partial charge in [-0.15, -0.1) is 0 Å². The van der Waals surface area contributed by atoms with E-state index in [1.165, 1.54) is 7.05 Å². The minimum absolute atomic E-state index is 0.207. The molecule has 168 valence electrons. The smallest absolute Gasteiger partial charge is 0.414 e. The van der Waals surface area contributed by atoms with Gasteiger partial charge in [0.05, 0.1) is 26.4 Å². The number of carbonyl (C=O) groups excluding carboxylic acids is 2. The quantitative estimate of drug-likeness (QED) is 0.314. The zero-order chi connectivity index (χ0) is 22.1. The molecule has 0 bridgehead atoms. The fraction of sp³-hybridized carbons (Fsp3) is 0.800. The number of aliphatic imine (C=N–C) groups is 1. The van der Waals surface area contributed by atoms with Gasteiger partial charge < -0.3 is 19.1 Å². The molecule has 2 aliphatic heterocycles. The molecule has 0 spiro atoms. The Balaban J connectivity index is 2.22. The van der Waals surface area contributed by atoms with Crippen molar-refractivity contribution in [3.63, 3.8) is 0 Å². The van der Waals surface area contributed by atoms with Gasteiger partial charge in [0.2, 0.25) is 5.96 Å². The van der Waals surface area contributed by atoms with E-state index < -0.39 is 18.0 Å². The van der Waals surface area contributed by atoms with Crippen molar-refractivity contribution in [3.05, 3.63) is 0 Å². The van der Waals surface area contributed by atoms with E-state index in [0.717, 1.165) is 4.90 Å². The predicted octanol–water partition coefficient (Wildman–Crippen LogP) is 1.32. The minimum atomic E-state index is -0.809. The Bertz CT molecular complexity index is 657. The molecule has 0 aromatic heterocycles. The molecule has 2 amide bonds. The number of likely N-dealkylation sites (N-methyl/N-ethyl adjacent to an activating group) is 1. The molecule has 0 aromatic carbocycles. The van der Waals surface area contributed by atoms with E-state index in [9.17, 15) is 9.59 Å². The van der Waals surface area contributed by atoms with E-state index in [2.05, 4.69) is 10.3 Å². The van der Waals surface area contributed by atoms with Gasteiger partial charge in [-0.2, -0.15) is 5.26 Å². The zero-order valence-corrected chi connectivity index (χ0v) is 18.3. The van der Waals surface area contributed by atoms with E-state index in [1.54, 1.807) is 0 Å². The topological polar surface area (TPSA) is 116 Å².